The molecule has 1 amide bonds. The first-order chi connectivity index (χ1) is 10.5. The van der Waals surface area contributed by atoms with Crippen molar-refractivity contribution in [2.45, 2.75) is 12.5 Å². The molecule has 1 unspecified atom stereocenters. The van der Waals surface area contributed by atoms with Crippen LogP contribution in [0.4, 0.5) is 4.79 Å². The summed E-state index contributed by atoms with van der Waals surface area (Å²) in [5.74, 6) is -0.0706. The molecular formula is C16H22N2O4. The van der Waals surface area contributed by atoms with Gasteiger partial charge in [0, 0.05) is 19.6 Å². The molecule has 0 aromatic heterocycles. The Labute approximate surface area is 130 Å². The minimum Gasteiger partial charge on any atom is -0.468 e. The van der Waals surface area contributed by atoms with E-state index in [-0.39, 0.29) is 11.9 Å². The van der Waals surface area contributed by atoms with Crippen LogP contribution in [0.3, 0.4) is 0 Å². The number of ether oxygens (including phenoxy) is 1. The summed E-state index contributed by atoms with van der Waals surface area (Å²) in [7, 11) is 3.26. The van der Waals surface area contributed by atoms with Gasteiger partial charge in [-0.1, -0.05) is 30.3 Å². The van der Waals surface area contributed by atoms with Gasteiger partial charge in [0.2, 0.25) is 0 Å². The molecule has 0 radical (unpaired) electrons. The SMILES string of the molecule is COC(=O)[C@@H](c1ccccc1)N(C)CC1CCN(C(=O)O)C1. The fraction of sp³-hybridized carbons (Fsp3) is 0.500. The van der Waals surface area contributed by atoms with Crippen molar-refractivity contribution in [3.05, 3.63) is 35.9 Å². The Morgan fingerprint density at radius 2 is 2.09 bits per heavy atom. The molecule has 1 aromatic carbocycles. The molecule has 6 heteroatoms. The summed E-state index contributed by atoms with van der Waals surface area (Å²) in [6.07, 6.45) is -0.0583. The summed E-state index contributed by atoms with van der Waals surface area (Å²) in [6.45, 7) is 1.73. The fourth-order valence-corrected chi connectivity index (χ4v) is 2.99. The number of hydrogen-bond acceptors (Lipinski definition) is 4. The van der Waals surface area contributed by atoms with Gasteiger partial charge >= 0.3 is 12.1 Å². The zero-order valence-corrected chi connectivity index (χ0v) is 12.9. The number of benzene rings is 1. The molecule has 1 aliphatic heterocycles. The molecule has 1 aliphatic rings. The van der Waals surface area contributed by atoms with E-state index in [0.29, 0.717) is 19.6 Å². The quantitative estimate of drug-likeness (QED) is 0.841. The van der Waals surface area contributed by atoms with Crippen molar-refractivity contribution in [1.82, 2.24) is 9.80 Å². The lowest BCUT2D eigenvalue weighted by Gasteiger charge is -2.28. The zero-order valence-electron chi connectivity index (χ0n) is 12.9. The molecule has 1 fully saturated rings. The predicted molar refractivity (Wildman–Crippen MR) is 81.5 cm³/mol. The van der Waals surface area contributed by atoms with Crippen molar-refractivity contribution in [2.75, 3.05) is 33.8 Å². The van der Waals surface area contributed by atoms with E-state index < -0.39 is 12.1 Å². The second-order valence-electron chi connectivity index (χ2n) is 5.66. The molecule has 1 aromatic rings. The lowest BCUT2D eigenvalue weighted by Crippen LogP contribution is -2.36. The Morgan fingerprint density at radius 3 is 2.64 bits per heavy atom. The van der Waals surface area contributed by atoms with Crippen molar-refractivity contribution < 1.29 is 19.4 Å². The summed E-state index contributed by atoms with van der Waals surface area (Å²) in [5.41, 5.74) is 0.880. The monoisotopic (exact) mass is 306 g/mol. The van der Waals surface area contributed by atoms with E-state index in [1.807, 2.05) is 42.3 Å². The molecule has 1 saturated heterocycles. The smallest absolute Gasteiger partial charge is 0.407 e. The van der Waals surface area contributed by atoms with E-state index in [9.17, 15) is 9.59 Å². The van der Waals surface area contributed by atoms with Crippen molar-refractivity contribution in [2.24, 2.45) is 5.92 Å². The van der Waals surface area contributed by atoms with Crippen LogP contribution in [0, 0.1) is 5.92 Å². The standard InChI is InChI=1S/C16H22N2O4/c1-17(10-12-8-9-18(11-12)16(20)21)14(15(19)22-2)13-6-4-3-5-7-13/h3-7,12,14H,8-11H2,1-2H3,(H,20,21)/t12?,14-/m1/s1. The first-order valence-electron chi connectivity index (χ1n) is 7.33. The van der Waals surface area contributed by atoms with Gasteiger partial charge in [-0.15, -0.1) is 0 Å². The first kappa shape index (κ1) is 16.3. The third-order valence-electron chi connectivity index (χ3n) is 4.08. The Bertz CT molecular complexity index is 520. The molecule has 1 N–H and O–H groups in total. The zero-order chi connectivity index (χ0) is 16.1. The number of hydrogen-bond donors (Lipinski definition) is 1. The number of rotatable bonds is 5. The maximum atomic E-state index is 12.1. The molecule has 1 heterocycles. The lowest BCUT2D eigenvalue weighted by molar-refractivity contribution is -0.147. The van der Waals surface area contributed by atoms with Gasteiger partial charge in [-0.3, -0.25) is 4.90 Å². The number of likely N-dealkylation sites (tertiary alicyclic amines) is 1. The minimum absolute atomic E-state index is 0.233. The van der Waals surface area contributed by atoms with E-state index in [1.54, 1.807) is 0 Å². The van der Waals surface area contributed by atoms with Crippen LogP contribution in [0.5, 0.6) is 0 Å². The van der Waals surface area contributed by atoms with Crippen molar-refractivity contribution in [1.29, 1.82) is 0 Å². The van der Waals surface area contributed by atoms with Crippen molar-refractivity contribution in [3.8, 4) is 0 Å². The van der Waals surface area contributed by atoms with E-state index in [1.165, 1.54) is 12.0 Å². The average molecular weight is 306 g/mol. The van der Waals surface area contributed by atoms with Gasteiger partial charge in [0.15, 0.2) is 0 Å². The second-order valence-corrected chi connectivity index (χ2v) is 5.66. The molecular weight excluding hydrogens is 284 g/mol. The van der Waals surface area contributed by atoms with Crippen LogP contribution >= 0.6 is 0 Å². The molecule has 120 valence electrons. The van der Waals surface area contributed by atoms with E-state index >= 15 is 0 Å². The molecule has 2 rings (SSSR count). The number of methoxy groups -OCH3 is 1. The highest BCUT2D eigenvalue weighted by atomic mass is 16.5. The van der Waals surface area contributed by atoms with Gasteiger partial charge in [0.25, 0.3) is 0 Å². The molecule has 22 heavy (non-hydrogen) atoms. The van der Waals surface area contributed by atoms with E-state index in [0.717, 1.165) is 12.0 Å². The first-order valence-corrected chi connectivity index (χ1v) is 7.33. The number of carbonyl (C=O) groups excluding carboxylic acids is 1. The number of nitrogens with zero attached hydrogens (tertiary/aromatic N) is 2. The van der Waals surface area contributed by atoms with Gasteiger partial charge in [-0.05, 0) is 24.9 Å². The predicted octanol–water partition coefficient (Wildman–Crippen LogP) is 1.83. The Kier molecular flexibility index (Phi) is 5.38. The third-order valence-corrected chi connectivity index (χ3v) is 4.08. The van der Waals surface area contributed by atoms with Gasteiger partial charge in [-0.25, -0.2) is 9.59 Å². The Morgan fingerprint density at radius 1 is 1.41 bits per heavy atom. The lowest BCUT2D eigenvalue weighted by atomic mass is 10.0. The van der Waals surface area contributed by atoms with E-state index in [2.05, 4.69) is 0 Å². The summed E-state index contributed by atoms with van der Waals surface area (Å²) in [4.78, 5) is 26.5. The van der Waals surface area contributed by atoms with Gasteiger partial charge < -0.3 is 14.7 Å². The topological polar surface area (TPSA) is 70.1 Å². The number of carbonyl (C=O) groups is 2. The number of likely N-dealkylation sites (N-methyl/N-ethyl adjacent to an activating group) is 1. The highest BCUT2D eigenvalue weighted by molar-refractivity contribution is 5.77. The molecule has 6 nitrogen and oxygen atoms in total. The highest BCUT2D eigenvalue weighted by Crippen LogP contribution is 2.24. The molecule has 0 bridgehead atoms. The largest absolute Gasteiger partial charge is 0.468 e. The average Bonchev–Trinajstić information content (AvgIpc) is 2.97. The van der Waals surface area contributed by atoms with Crippen LogP contribution in [-0.2, 0) is 9.53 Å². The number of amides is 1. The van der Waals surface area contributed by atoms with Crippen LogP contribution in [0.15, 0.2) is 30.3 Å². The maximum Gasteiger partial charge on any atom is 0.407 e. The molecule has 0 aliphatic carbocycles. The summed E-state index contributed by atoms with van der Waals surface area (Å²) < 4.78 is 4.93. The third kappa shape index (κ3) is 3.76. The number of carboxylic acid groups (broad SMARTS) is 1. The van der Waals surface area contributed by atoms with Gasteiger partial charge in [0.05, 0.1) is 7.11 Å². The normalized spacial score (nSPS) is 19.2. The fourth-order valence-electron chi connectivity index (χ4n) is 2.99. The van der Waals surface area contributed by atoms with Crippen LogP contribution in [0.1, 0.15) is 18.0 Å². The van der Waals surface area contributed by atoms with Gasteiger partial charge in [-0.2, -0.15) is 0 Å². The van der Waals surface area contributed by atoms with Crippen LogP contribution in [0.25, 0.3) is 0 Å². The van der Waals surface area contributed by atoms with Crippen molar-refractivity contribution >= 4 is 12.1 Å². The number of esters is 1. The molecule has 0 spiro atoms. The Hall–Kier alpha value is -2.08. The maximum absolute atomic E-state index is 12.1. The van der Waals surface area contributed by atoms with Gasteiger partial charge in [0.1, 0.15) is 6.04 Å². The summed E-state index contributed by atoms with van der Waals surface area (Å²) in [6, 6.07) is 9.01. The summed E-state index contributed by atoms with van der Waals surface area (Å²) in [5, 5.41) is 9.02. The van der Waals surface area contributed by atoms with Crippen molar-refractivity contribution in [3.63, 3.8) is 0 Å². The van der Waals surface area contributed by atoms with Crippen LogP contribution in [0.2, 0.25) is 0 Å². The minimum atomic E-state index is -0.877. The second kappa shape index (κ2) is 7.26. The molecule has 0 saturated carbocycles. The van der Waals surface area contributed by atoms with E-state index in [4.69, 9.17) is 9.84 Å². The van der Waals surface area contributed by atoms with Crippen LogP contribution < -0.4 is 0 Å². The summed E-state index contributed by atoms with van der Waals surface area (Å²) >= 11 is 0. The van der Waals surface area contributed by atoms with Crippen LogP contribution in [-0.4, -0.2) is 60.8 Å². The molecule has 2 atom stereocenters. The highest BCUT2D eigenvalue weighted by Gasteiger charge is 2.31. The Balaban J connectivity index is 2.05.